The van der Waals surface area contributed by atoms with Crippen molar-refractivity contribution in [3.8, 4) is 78.1 Å². The van der Waals surface area contributed by atoms with Gasteiger partial charge in [-0.2, -0.15) is 0 Å². The number of rotatable bonds is 9. The van der Waals surface area contributed by atoms with Crippen molar-refractivity contribution in [3.63, 3.8) is 0 Å². The molecule has 0 saturated heterocycles. The maximum atomic E-state index is 2.42. The van der Waals surface area contributed by atoms with E-state index in [2.05, 4.69) is 325 Å². The summed E-state index contributed by atoms with van der Waals surface area (Å²) in [5, 5.41) is 5.00. The number of nitrogens with zero attached hydrogens (tertiary/aromatic N) is 2. The van der Waals surface area contributed by atoms with Crippen LogP contribution >= 0.6 is 0 Å². The van der Waals surface area contributed by atoms with Crippen molar-refractivity contribution in [2.24, 2.45) is 0 Å². The highest BCUT2D eigenvalue weighted by Crippen LogP contribution is 2.56. The van der Waals surface area contributed by atoms with E-state index in [1.807, 2.05) is 0 Å². The maximum Gasteiger partial charge on any atom is 0.0713 e. The van der Waals surface area contributed by atoms with Crippen LogP contribution in [0.25, 0.3) is 122 Å². The summed E-state index contributed by atoms with van der Waals surface area (Å²) in [4.78, 5) is 0. The van der Waals surface area contributed by atoms with Gasteiger partial charge in [0.2, 0.25) is 0 Å². The van der Waals surface area contributed by atoms with E-state index >= 15 is 0 Å². The molecule has 0 atom stereocenters. The van der Waals surface area contributed by atoms with Gasteiger partial charge in [-0.05, 0) is 156 Å². The molecule has 0 N–H and O–H groups in total. The zero-order chi connectivity index (χ0) is 53.4. The molecular weight excluding hydrogens is 977 g/mol. The van der Waals surface area contributed by atoms with Crippen LogP contribution in [0.1, 0.15) is 22.3 Å². The smallest absolute Gasteiger partial charge is 0.0713 e. The van der Waals surface area contributed by atoms with Crippen molar-refractivity contribution in [1.29, 1.82) is 0 Å². The molecule has 16 rings (SSSR count). The van der Waals surface area contributed by atoms with Crippen molar-refractivity contribution < 1.29 is 0 Å². The Bertz CT molecular complexity index is 4820. The highest BCUT2D eigenvalue weighted by Gasteiger charge is 2.46. The lowest BCUT2D eigenvalue weighted by Crippen LogP contribution is -2.28. The van der Waals surface area contributed by atoms with Crippen molar-refractivity contribution in [1.82, 2.24) is 9.13 Å². The average molecular weight is 1030 g/mol. The summed E-state index contributed by atoms with van der Waals surface area (Å²) >= 11 is 0. The fourth-order valence-electron chi connectivity index (χ4n) is 13.5. The van der Waals surface area contributed by atoms with Gasteiger partial charge in [-0.15, -0.1) is 0 Å². The highest BCUT2D eigenvalue weighted by atomic mass is 15.0. The molecule has 0 spiro atoms. The van der Waals surface area contributed by atoms with E-state index in [9.17, 15) is 0 Å². The van der Waals surface area contributed by atoms with E-state index in [0.29, 0.717) is 0 Å². The Kier molecular flexibility index (Phi) is 10.8. The third-order valence-electron chi connectivity index (χ3n) is 17.3. The van der Waals surface area contributed by atoms with Gasteiger partial charge < -0.3 is 9.13 Å². The van der Waals surface area contributed by atoms with E-state index in [0.717, 1.165) is 5.69 Å². The Morgan fingerprint density at radius 2 is 0.543 bits per heavy atom. The van der Waals surface area contributed by atoms with Gasteiger partial charge >= 0.3 is 0 Å². The second kappa shape index (κ2) is 18.8. The van der Waals surface area contributed by atoms with Crippen LogP contribution in [0.3, 0.4) is 0 Å². The van der Waals surface area contributed by atoms with Gasteiger partial charge in [-0.25, -0.2) is 0 Å². The number of hydrogen-bond donors (Lipinski definition) is 0. The Balaban J connectivity index is 0.680. The molecule has 0 aliphatic heterocycles. The first-order valence-electron chi connectivity index (χ1n) is 28.1. The first kappa shape index (κ1) is 46.5. The molecule has 378 valence electrons. The molecule has 0 saturated carbocycles. The minimum absolute atomic E-state index is 0.484. The zero-order valence-corrected chi connectivity index (χ0v) is 44.4. The summed E-state index contributed by atoms with van der Waals surface area (Å²) in [5.74, 6) is 0. The average Bonchev–Trinajstić information content (AvgIpc) is 3.75. The first-order chi connectivity index (χ1) is 40.2. The summed E-state index contributed by atoms with van der Waals surface area (Å²) in [5.41, 5.74) is 26.4. The maximum absolute atomic E-state index is 2.42. The normalized spacial score (nSPS) is 12.5. The Labute approximate surface area is 471 Å². The molecule has 1 aliphatic rings. The number of benzene rings is 13. The molecule has 0 amide bonds. The molecule has 0 fully saturated rings. The summed E-state index contributed by atoms with van der Waals surface area (Å²) in [6.45, 7) is 0. The van der Waals surface area contributed by atoms with E-state index in [4.69, 9.17) is 0 Å². The van der Waals surface area contributed by atoms with Crippen LogP contribution in [0.4, 0.5) is 0 Å². The molecule has 2 nitrogen and oxygen atoms in total. The molecule has 0 bridgehead atoms. The molecule has 81 heavy (non-hydrogen) atoms. The molecule has 2 heterocycles. The van der Waals surface area contributed by atoms with Crippen molar-refractivity contribution in [2.75, 3.05) is 0 Å². The first-order valence-corrected chi connectivity index (χ1v) is 28.1. The molecule has 2 heteroatoms. The second-order valence-corrected chi connectivity index (χ2v) is 21.6. The van der Waals surface area contributed by atoms with E-state index in [-0.39, 0.29) is 0 Å². The predicted octanol–water partition coefficient (Wildman–Crippen LogP) is 20.6. The minimum atomic E-state index is -0.484. The Morgan fingerprint density at radius 3 is 1.06 bits per heavy atom. The van der Waals surface area contributed by atoms with Gasteiger partial charge in [0.25, 0.3) is 0 Å². The zero-order valence-electron chi connectivity index (χ0n) is 44.4. The summed E-state index contributed by atoms with van der Waals surface area (Å²) < 4.78 is 4.79. The lowest BCUT2D eigenvalue weighted by Gasteiger charge is -2.34. The van der Waals surface area contributed by atoms with E-state index in [1.54, 1.807) is 0 Å². The van der Waals surface area contributed by atoms with Gasteiger partial charge in [0.15, 0.2) is 0 Å². The minimum Gasteiger partial charge on any atom is -0.309 e. The van der Waals surface area contributed by atoms with Crippen molar-refractivity contribution >= 4 is 43.6 Å². The fourth-order valence-corrected chi connectivity index (χ4v) is 13.5. The van der Waals surface area contributed by atoms with Gasteiger partial charge in [0.05, 0.1) is 27.5 Å². The van der Waals surface area contributed by atoms with Gasteiger partial charge in [-0.1, -0.05) is 249 Å². The summed E-state index contributed by atoms with van der Waals surface area (Å²) in [7, 11) is 0. The van der Waals surface area contributed by atoms with Crippen LogP contribution < -0.4 is 0 Å². The van der Waals surface area contributed by atoms with Crippen LogP contribution in [0, 0.1) is 0 Å². The number of aromatic nitrogens is 2. The molecule has 13 aromatic carbocycles. The number of fused-ring (bicyclic) bond motifs is 9. The van der Waals surface area contributed by atoms with Crippen molar-refractivity contribution in [2.45, 2.75) is 5.41 Å². The SMILES string of the molecule is c1ccc(-c2ccc(C3(c4cccc(-c5ccc(-c6ccc(-c7ccc(-n8c9ccccc9c9cc(-c%10ccc%11c(c%10)c%10ccccc%10n%11-c%10ccccc%10)ccc98)cc7)cc6)cc5)c4)c4ccccc4-c4ccccc43)cc2)cc1. The van der Waals surface area contributed by atoms with Crippen molar-refractivity contribution in [3.05, 3.63) is 338 Å². The quantitative estimate of drug-likeness (QED) is 0.136. The third-order valence-corrected chi connectivity index (χ3v) is 17.3. The molecular formula is C79H52N2. The molecule has 0 radical (unpaired) electrons. The number of hydrogen-bond acceptors (Lipinski definition) is 0. The lowest BCUT2D eigenvalue weighted by molar-refractivity contribution is 0.769. The van der Waals surface area contributed by atoms with Gasteiger partial charge in [-0.3, -0.25) is 0 Å². The van der Waals surface area contributed by atoms with Gasteiger partial charge in [0, 0.05) is 32.9 Å². The van der Waals surface area contributed by atoms with Crippen LogP contribution in [-0.4, -0.2) is 9.13 Å². The van der Waals surface area contributed by atoms with Crippen LogP contribution in [0.5, 0.6) is 0 Å². The van der Waals surface area contributed by atoms with Gasteiger partial charge in [0.1, 0.15) is 0 Å². The Morgan fingerprint density at radius 1 is 0.198 bits per heavy atom. The number of para-hydroxylation sites is 3. The third kappa shape index (κ3) is 7.49. The summed E-state index contributed by atoms with van der Waals surface area (Å²) in [6, 6.07) is 116. The topological polar surface area (TPSA) is 9.86 Å². The molecule has 15 aromatic rings. The van der Waals surface area contributed by atoms with Crippen LogP contribution in [-0.2, 0) is 5.41 Å². The van der Waals surface area contributed by atoms with Crippen LogP contribution in [0.15, 0.2) is 315 Å². The van der Waals surface area contributed by atoms with Crippen LogP contribution in [0.2, 0.25) is 0 Å². The molecule has 2 aromatic heterocycles. The fraction of sp³-hybridized carbons (Fsp3) is 0.0127. The standard InChI is InChI=1S/C79H52N2/c1-3-16-53(17-4-1)57-38-44-63(45-39-57)79(73-26-11-7-22-67(73)68-23-8-12-27-74(68)79)64-19-15-18-60(50-64)59-36-34-55(35-37-59)54-30-32-56(33-31-54)58-40-46-66(47-41-58)81-76-29-14-10-25-70(76)72-52-62(43-49-78(72)81)61-42-48-77-71(51-61)69-24-9-13-28-75(69)80(77)65-20-5-2-6-21-65/h1-52H. The lowest BCUT2D eigenvalue weighted by atomic mass is 9.67. The predicted molar refractivity (Wildman–Crippen MR) is 340 cm³/mol. The van der Waals surface area contributed by atoms with E-state index < -0.39 is 5.41 Å². The molecule has 0 unspecified atom stereocenters. The largest absolute Gasteiger partial charge is 0.309 e. The molecule has 1 aliphatic carbocycles. The second-order valence-electron chi connectivity index (χ2n) is 21.6. The monoisotopic (exact) mass is 1030 g/mol. The Hall–Kier alpha value is -10.5. The highest BCUT2D eigenvalue weighted by molar-refractivity contribution is 6.13. The van der Waals surface area contributed by atoms with E-state index in [1.165, 1.54) is 138 Å². The summed E-state index contributed by atoms with van der Waals surface area (Å²) in [6.07, 6.45) is 0.